The highest BCUT2D eigenvalue weighted by atomic mass is 32.2. The first kappa shape index (κ1) is 12.0. The predicted molar refractivity (Wildman–Crippen MR) is 51.5 cm³/mol. The minimum atomic E-state index is -1.36. The first-order valence-electron chi connectivity index (χ1n) is 4.06. The molecule has 0 saturated carbocycles. The van der Waals surface area contributed by atoms with Gasteiger partial charge in [0.2, 0.25) is 0 Å². The number of halogens is 3. The summed E-state index contributed by atoms with van der Waals surface area (Å²) in [6, 6.07) is 0.410. The molecule has 0 radical (unpaired) electrons. The number of pyridine rings is 1. The van der Waals surface area contributed by atoms with Crippen molar-refractivity contribution in [1.82, 2.24) is 4.98 Å². The molecule has 0 amide bonds. The standard InChI is InChI=1S/C8H9F3N2OS/c1-15(14)3-2-12-8-6(10)4-5(9)7(11)13-8/h4H,2-3H2,1H3,(H,12,13). The lowest BCUT2D eigenvalue weighted by molar-refractivity contribution is 0.466. The van der Waals surface area contributed by atoms with E-state index in [1.165, 1.54) is 6.26 Å². The van der Waals surface area contributed by atoms with Gasteiger partial charge >= 0.3 is 0 Å². The van der Waals surface area contributed by atoms with E-state index in [2.05, 4.69) is 10.3 Å². The van der Waals surface area contributed by atoms with E-state index in [1.54, 1.807) is 0 Å². The van der Waals surface area contributed by atoms with Crippen LogP contribution in [0, 0.1) is 17.6 Å². The number of rotatable bonds is 4. The molecule has 7 heteroatoms. The van der Waals surface area contributed by atoms with Gasteiger partial charge in [-0.1, -0.05) is 0 Å². The Labute approximate surface area is 87.2 Å². The van der Waals surface area contributed by atoms with Gasteiger partial charge in [-0.3, -0.25) is 4.21 Å². The smallest absolute Gasteiger partial charge is 0.251 e. The maximum Gasteiger partial charge on any atom is 0.251 e. The highest BCUT2D eigenvalue weighted by Crippen LogP contribution is 2.13. The molecular weight excluding hydrogens is 229 g/mol. The summed E-state index contributed by atoms with van der Waals surface area (Å²) >= 11 is 0. The van der Waals surface area contributed by atoms with Crippen LogP contribution in [0.1, 0.15) is 0 Å². The molecule has 1 N–H and O–H groups in total. The Morgan fingerprint density at radius 1 is 1.40 bits per heavy atom. The Kier molecular flexibility index (Phi) is 4.07. The normalized spacial score (nSPS) is 12.5. The number of nitrogens with one attached hydrogen (secondary N) is 1. The molecule has 1 unspecified atom stereocenters. The topological polar surface area (TPSA) is 42.0 Å². The van der Waals surface area contributed by atoms with Crippen molar-refractivity contribution in [2.75, 3.05) is 23.9 Å². The van der Waals surface area contributed by atoms with E-state index in [9.17, 15) is 17.4 Å². The molecule has 0 aromatic carbocycles. The molecule has 0 bridgehead atoms. The predicted octanol–water partition coefficient (Wildman–Crippen LogP) is 1.29. The minimum Gasteiger partial charge on any atom is -0.367 e. The van der Waals surface area contributed by atoms with E-state index in [0.29, 0.717) is 6.07 Å². The van der Waals surface area contributed by atoms with E-state index < -0.39 is 28.4 Å². The summed E-state index contributed by atoms with van der Waals surface area (Å²) in [4.78, 5) is 3.04. The van der Waals surface area contributed by atoms with Crippen molar-refractivity contribution in [2.45, 2.75) is 0 Å². The molecule has 0 aliphatic carbocycles. The van der Waals surface area contributed by atoms with E-state index in [4.69, 9.17) is 0 Å². The van der Waals surface area contributed by atoms with Crippen LogP contribution >= 0.6 is 0 Å². The Bertz CT molecular complexity index is 386. The van der Waals surface area contributed by atoms with Gasteiger partial charge in [0.05, 0.1) is 0 Å². The third kappa shape index (κ3) is 3.50. The molecule has 1 heterocycles. The van der Waals surface area contributed by atoms with Gasteiger partial charge in [-0.25, -0.2) is 8.78 Å². The number of anilines is 1. The van der Waals surface area contributed by atoms with Crippen molar-refractivity contribution in [3.05, 3.63) is 23.6 Å². The zero-order valence-corrected chi connectivity index (χ0v) is 8.71. The largest absolute Gasteiger partial charge is 0.367 e. The first-order chi connectivity index (χ1) is 7.00. The third-order valence-electron chi connectivity index (χ3n) is 1.57. The Morgan fingerprint density at radius 2 is 2.07 bits per heavy atom. The monoisotopic (exact) mass is 238 g/mol. The van der Waals surface area contributed by atoms with Crippen LogP contribution in [-0.2, 0) is 10.8 Å². The molecule has 1 rings (SSSR count). The van der Waals surface area contributed by atoms with Gasteiger partial charge in [0.1, 0.15) is 0 Å². The Hall–Kier alpha value is -1.11. The van der Waals surface area contributed by atoms with Crippen molar-refractivity contribution >= 4 is 16.6 Å². The second-order valence-corrected chi connectivity index (χ2v) is 4.35. The highest BCUT2D eigenvalue weighted by Gasteiger charge is 2.10. The second kappa shape index (κ2) is 5.11. The van der Waals surface area contributed by atoms with Crippen LogP contribution in [0.3, 0.4) is 0 Å². The summed E-state index contributed by atoms with van der Waals surface area (Å²) in [7, 11) is -1.04. The van der Waals surface area contributed by atoms with Gasteiger partial charge in [0.15, 0.2) is 17.5 Å². The van der Waals surface area contributed by atoms with Crippen LogP contribution < -0.4 is 5.32 Å². The summed E-state index contributed by atoms with van der Waals surface area (Å²) in [5.41, 5.74) is 0. The van der Waals surface area contributed by atoms with E-state index in [-0.39, 0.29) is 18.1 Å². The Balaban J connectivity index is 2.69. The van der Waals surface area contributed by atoms with Crippen molar-refractivity contribution in [3.63, 3.8) is 0 Å². The molecule has 3 nitrogen and oxygen atoms in total. The van der Waals surface area contributed by atoms with Gasteiger partial charge in [0.25, 0.3) is 5.95 Å². The summed E-state index contributed by atoms with van der Waals surface area (Å²) in [6.45, 7) is 0.179. The van der Waals surface area contributed by atoms with Crippen molar-refractivity contribution < 1.29 is 17.4 Å². The zero-order valence-electron chi connectivity index (χ0n) is 7.89. The van der Waals surface area contributed by atoms with Crippen molar-refractivity contribution in [3.8, 4) is 0 Å². The quantitative estimate of drug-likeness (QED) is 0.804. The molecule has 15 heavy (non-hydrogen) atoms. The molecule has 84 valence electrons. The maximum atomic E-state index is 12.9. The lowest BCUT2D eigenvalue weighted by atomic mass is 10.4. The van der Waals surface area contributed by atoms with E-state index in [0.717, 1.165) is 0 Å². The molecule has 1 aromatic rings. The van der Waals surface area contributed by atoms with E-state index in [1.807, 2.05) is 0 Å². The van der Waals surface area contributed by atoms with Crippen LogP contribution in [0.5, 0.6) is 0 Å². The fraction of sp³-hybridized carbons (Fsp3) is 0.375. The van der Waals surface area contributed by atoms with Gasteiger partial charge in [-0.15, -0.1) is 0 Å². The van der Waals surface area contributed by atoms with Crippen LogP contribution in [0.15, 0.2) is 6.07 Å². The van der Waals surface area contributed by atoms with Gasteiger partial charge in [-0.05, 0) is 0 Å². The van der Waals surface area contributed by atoms with Gasteiger partial charge in [0, 0.05) is 35.4 Å². The average molecular weight is 238 g/mol. The van der Waals surface area contributed by atoms with Crippen molar-refractivity contribution in [2.24, 2.45) is 0 Å². The molecule has 0 spiro atoms. The Morgan fingerprint density at radius 3 is 2.67 bits per heavy atom. The van der Waals surface area contributed by atoms with Crippen LogP contribution in [0.2, 0.25) is 0 Å². The molecule has 0 fully saturated rings. The van der Waals surface area contributed by atoms with E-state index >= 15 is 0 Å². The van der Waals surface area contributed by atoms with Gasteiger partial charge in [-0.2, -0.15) is 9.37 Å². The summed E-state index contributed by atoms with van der Waals surface area (Å²) < 4.78 is 48.7. The molecule has 1 atom stereocenters. The lowest BCUT2D eigenvalue weighted by Crippen LogP contribution is -2.13. The molecule has 1 aromatic heterocycles. The van der Waals surface area contributed by atoms with Gasteiger partial charge < -0.3 is 5.32 Å². The van der Waals surface area contributed by atoms with Crippen LogP contribution in [0.25, 0.3) is 0 Å². The number of nitrogens with zero attached hydrogens (tertiary/aromatic N) is 1. The van der Waals surface area contributed by atoms with Crippen LogP contribution in [-0.4, -0.2) is 27.7 Å². The summed E-state index contributed by atoms with van der Waals surface area (Å²) in [6.07, 6.45) is 1.48. The first-order valence-corrected chi connectivity index (χ1v) is 5.79. The minimum absolute atomic E-state index is 0.179. The molecule has 0 saturated heterocycles. The fourth-order valence-electron chi connectivity index (χ4n) is 0.881. The average Bonchev–Trinajstić information content (AvgIpc) is 2.13. The second-order valence-electron chi connectivity index (χ2n) is 2.80. The number of hydrogen-bond donors (Lipinski definition) is 1. The van der Waals surface area contributed by atoms with Crippen LogP contribution in [0.4, 0.5) is 19.0 Å². The molecule has 0 aliphatic rings. The molecule has 0 aliphatic heterocycles. The number of aromatic nitrogens is 1. The number of hydrogen-bond acceptors (Lipinski definition) is 3. The summed E-state index contributed by atoms with van der Waals surface area (Å²) in [5, 5.41) is 2.43. The summed E-state index contributed by atoms with van der Waals surface area (Å²) in [5.74, 6) is -3.77. The highest BCUT2D eigenvalue weighted by molar-refractivity contribution is 7.84. The lowest BCUT2D eigenvalue weighted by Gasteiger charge is -2.05. The third-order valence-corrected chi connectivity index (χ3v) is 2.35. The van der Waals surface area contributed by atoms with Crippen molar-refractivity contribution in [1.29, 1.82) is 0 Å². The zero-order chi connectivity index (χ0) is 11.4. The molecular formula is C8H9F3N2OS. The SMILES string of the molecule is CS(=O)CCNc1nc(F)c(F)cc1F. The fourth-order valence-corrected chi connectivity index (χ4v) is 1.27. The maximum absolute atomic E-state index is 12.9.